The minimum absolute atomic E-state index is 0.150. The molecule has 0 aliphatic carbocycles. The van der Waals surface area contributed by atoms with Gasteiger partial charge in [0.25, 0.3) is 5.91 Å². The van der Waals surface area contributed by atoms with Crippen molar-refractivity contribution in [3.05, 3.63) is 58.1 Å². The molecule has 120 valence electrons. The Kier molecular flexibility index (Phi) is 3.61. The molecular formula is C18H13BrN2O3. The molecule has 6 heteroatoms. The van der Waals surface area contributed by atoms with Crippen LogP contribution >= 0.6 is 15.9 Å². The Balaban J connectivity index is 1.71. The average Bonchev–Trinajstić information content (AvgIpc) is 3.14. The average molecular weight is 385 g/mol. The van der Waals surface area contributed by atoms with E-state index in [1.54, 1.807) is 0 Å². The number of fused-ring (bicyclic) bond motifs is 1. The summed E-state index contributed by atoms with van der Waals surface area (Å²) < 4.78 is 11.6. The maximum absolute atomic E-state index is 12.7. The fourth-order valence-electron chi connectivity index (χ4n) is 2.63. The molecule has 0 aromatic heterocycles. The van der Waals surface area contributed by atoms with Crippen molar-refractivity contribution in [1.82, 2.24) is 0 Å². The van der Waals surface area contributed by atoms with Gasteiger partial charge in [-0.1, -0.05) is 34.1 Å². The van der Waals surface area contributed by atoms with Crippen LogP contribution in [-0.2, 0) is 4.79 Å². The summed E-state index contributed by atoms with van der Waals surface area (Å²) in [6.45, 7) is 2.04. The molecular weight excluding hydrogens is 372 g/mol. The predicted octanol–water partition coefficient (Wildman–Crippen LogP) is 3.98. The fourth-order valence-corrected chi connectivity index (χ4v) is 3.06. The van der Waals surface area contributed by atoms with Gasteiger partial charge in [0, 0.05) is 4.47 Å². The Morgan fingerprint density at radius 2 is 1.88 bits per heavy atom. The Bertz CT molecular complexity index is 891. The van der Waals surface area contributed by atoms with Crippen molar-refractivity contribution in [3.8, 4) is 11.5 Å². The third-order valence-electron chi connectivity index (χ3n) is 3.86. The van der Waals surface area contributed by atoms with Crippen LogP contribution in [0.2, 0.25) is 0 Å². The standard InChI is InChI=1S/C18H13BrN2O3/c1-11-14(18(22)21(20-11)13-5-3-2-4-6-13)7-12-8-16-17(9-15(12)19)24-10-23-16/h2-9H,10H2,1H3/b14-7+. The van der Waals surface area contributed by atoms with Gasteiger partial charge < -0.3 is 9.47 Å². The number of benzene rings is 2. The van der Waals surface area contributed by atoms with Crippen molar-refractivity contribution >= 4 is 39.3 Å². The number of carbonyl (C=O) groups excluding carboxylic acids is 1. The van der Waals surface area contributed by atoms with Crippen LogP contribution in [0.3, 0.4) is 0 Å². The van der Waals surface area contributed by atoms with E-state index in [-0.39, 0.29) is 12.7 Å². The summed E-state index contributed by atoms with van der Waals surface area (Å²) >= 11 is 3.51. The zero-order valence-corrected chi connectivity index (χ0v) is 14.4. The Labute approximate surface area is 147 Å². The van der Waals surface area contributed by atoms with Gasteiger partial charge in [0.15, 0.2) is 11.5 Å². The van der Waals surface area contributed by atoms with Crippen LogP contribution in [0.25, 0.3) is 6.08 Å². The first-order chi connectivity index (χ1) is 11.6. The summed E-state index contributed by atoms with van der Waals surface area (Å²) in [5.74, 6) is 1.21. The molecule has 2 aromatic rings. The molecule has 24 heavy (non-hydrogen) atoms. The van der Waals surface area contributed by atoms with Gasteiger partial charge in [-0.2, -0.15) is 10.1 Å². The summed E-state index contributed by atoms with van der Waals surface area (Å²) in [6.07, 6.45) is 1.82. The first-order valence-corrected chi connectivity index (χ1v) is 8.19. The van der Waals surface area contributed by atoms with Gasteiger partial charge in [0.2, 0.25) is 6.79 Å². The summed E-state index contributed by atoms with van der Waals surface area (Å²) in [7, 11) is 0. The van der Waals surface area contributed by atoms with Crippen molar-refractivity contribution in [2.24, 2.45) is 5.10 Å². The third-order valence-corrected chi connectivity index (χ3v) is 4.54. The lowest BCUT2D eigenvalue weighted by molar-refractivity contribution is -0.114. The van der Waals surface area contributed by atoms with Gasteiger partial charge >= 0.3 is 0 Å². The molecule has 0 unspecified atom stereocenters. The van der Waals surface area contributed by atoms with Crippen LogP contribution in [0, 0.1) is 0 Å². The highest BCUT2D eigenvalue weighted by molar-refractivity contribution is 9.10. The monoisotopic (exact) mass is 384 g/mol. The van der Waals surface area contributed by atoms with E-state index in [1.807, 2.05) is 55.5 Å². The van der Waals surface area contributed by atoms with Crippen molar-refractivity contribution in [2.45, 2.75) is 6.92 Å². The number of anilines is 1. The molecule has 0 bridgehead atoms. The van der Waals surface area contributed by atoms with Crippen molar-refractivity contribution < 1.29 is 14.3 Å². The highest BCUT2D eigenvalue weighted by Gasteiger charge is 2.29. The van der Waals surface area contributed by atoms with Gasteiger partial charge in [0.05, 0.1) is 17.0 Å². The lowest BCUT2D eigenvalue weighted by Crippen LogP contribution is -2.21. The van der Waals surface area contributed by atoms with E-state index in [1.165, 1.54) is 5.01 Å². The number of hydrogen-bond donors (Lipinski definition) is 0. The molecule has 2 heterocycles. The minimum Gasteiger partial charge on any atom is -0.454 e. The van der Waals surface area contributed by atoms with Crippen LogP contribution in [-0.4, -0.2) is 18.4 Å². The normalized spacial score (nSPS) is 17.6. The highest BCUT2D eigenvalue weighted by Crippen LogP contribution is 2.38. The SMILES string of the molecule is CC1=NN(c2ccccc2)C(=O)/C1=C/c1cc2c(cc1Br)OCO2. The molecule has 5 nitrogen and oxygen atoms in total. The zero-order valence-electron chi connectivity index (χ0n) is 12.8. The molecule has 0 radical (unpaired) electrons. The van der Waals surface area contributed by atoms with Gasteiger partial charge in [-0.25, -0.2) is 0 Å². The predicted molar refractivity (Wildman–Crippen MR) is 95.3 cm³/mol. The molecule has 0 saturated heterocycles. The number of halogens is 1. The number of ether oxygens (including phenoxy) is 2. The molecule has 0 saturated carbocycles. The Morgan fingerprint density at radius 1 is 1.17 bits per heavy atom. The number of carbonyl (C=O) groups is 1. The summed E-state index contributed by atoms with van der Waals surface area (Å²) in [5, 5.41) is 5.80. The highest BCUT2D eigenvalue weighted by atomic mass is 79.9. The molecule has 2 aliphatic heterocycles. The van der Waals surface area contributed by atoms with Crippen LogP contribution in [0.1, 0.15) is 12.5 Å². The topological polar surface area (TPSA) is 51.1 Å². The molecule has 0 N–H and O–H groups in total. The largest absolute Gasteiger partial charge is 0.454 e. The lowest BCUT2D eigenvalue weighted by Gasteiger charge is -2.11. The van der Waals surface area contributed by atoms with Crippen LogP contribution in [0.15, 0.2) is 57.6 Å². The van der Waals surface area contributed by atoms with Crippen LogP contribution in [0.5, 0.6) is 11.5 Å². The first-order valence-electron chi connectivity index (χ1n) is 7.39. The molecule has 1 amide bonds. The van der Waals surface area contributed by atoms with E-state index >= 15 is 0 Å². The Hall–Kier alpha value is -2.60. The molecule has 4 rings (SSSR count). The molecule has 0 fully saturated rings. The molecule has 2 aliphatic rings. The quantitative estimate of drug-likeness (QED) is 0.735. The van der Waals surface area contributed by atoms with E-state index in [9.17, 15) is 4.79 Å². The zero-order chi connectivity index (χ0) is 16.7. The van der Waals surface area contributed by atoms with E-state index in [0.717, 1.165) is 15.7 Å². The fraction of sp³-hybridized carbons (Fsp3) is 0.111. The third kappa shape index (κ3) is 2.49. The number of amides is 1. The molecule has 0 atom stereocenters. The lowest BCUT2D eigenvalue weighted by atomic mass is 10.1. The van der Waals surface area contributed by atoms with E-state index in [2.05, 4.69) is 21.0 Å². The first kappa shape index (κ1) is 15.0. The molecule has 0 spiro atoms. The molecule has 2 aromatic carbocycles. The number of para-hydroxylation sites is 1. The van der Waals surface area contributed by atoms with Crippen molar-refractivity contribution in [2.75, 3.05) is 11.8 Å². The smallest absolute Gasteiger partial charge is 0.280 e. The Morgan fingerprint density at radius 3 is 2.62 bits per heavy atom. The maximum atomic E-state index is 12.7. The van der Waals surface area contributed by atoms with Crippen LogP contribution in [0.4, 0.5) is 5.69 Å². The van der Waals surface area contributed by atoms with Crippen molar-refractivity contribution in [1.29, 1.82) is 0 Å². The number of nitrogens with zero attached hydrogens (tertiary/aromatic N) is 2. The van der Waals surface area contributed by atoms with E-state index in [0.29, 0.717) is 22.8 Å². The van der Waals surface area contributed by atoms with Gasteiger partial charge in [-0.3, -0.25) is 4.79 Å². The van der Waals surface area contributed by atoms with Crippen molar-refractivity contribution in [3.63, 3.8) is 0 Å². The summed E-state index contributed by atoms with van der Waals surface area (Å²) in [6, 6.07) is 13.1. The second-order valence-electron chi connectivity index (χ2n) is 5.42. The number of hydrogen-bond acceptors (Lipinski definition) is 4. The van der Waals surface area contributed by atoms with Crippen LogP contribution < -0.4 is 14.5 Å². The second-order valence-corrected chi connectivity index (χ2v) is 6.28. The minimum atomic E-state index is -0.150. The van der Waals surface area contributed by atoms with E-state index < -0.39 is 0 Å². The maximum Gasteiger partial charge on any atom is 0.280 e. The van der Waals surface area contributed by atoms with Gasteiger partial charge in [-0.05, 0) is 42.8 Å². The summed E-state index contributed by atoms with van der Waals surface area (Å²) in [4.78, 5) is 12.7. The second kappa shape index (κ2) is 5.79. The van der Waals surface area contributed by atoms with Gasteiger partial charge in [-0.15, -0.1) is 0 Å². The number of hydrazone groups is 1. The van der Waals surface area contributed by atoms with Gasteiger partial charge in [0.1, 0.15) is 0 Å². The van der Waals surface area contributed by atoms with E-state index in [4.69, 9.17) is 9.47 Å². The number of rotatable bonds is 2. The summed E-state index contributed by atoms with van der Waals surface area (Å²) in [5.41, 5.74) is 2.81.